The van der Waals surface area contributed by atoms with Crippen molar-refractivity contribution in [2.24, 2.45) is 10.9 Å². The lowest BCUT2D eigenvalue weighted by molar-refractivity contribution is 0.189. The first kappa shape index (κ1) is 24.0. The third-order valence-corrected chi connectivity index (χ3v) is 5.62. The van der Waals surface area contributed by atoms with Gasteiger partial charge in [-0.05, 0) is 42.2 Å². The van der Waals surface area contributed by atoms with E-state index in [1.807, 2.05) is 31.8 Å². The van der Waals surface area contributed by atoms with Gasteiger partial charge in [0, 0.05) is 51.3 Å². The molecule has 3 aromatic rings. The Kier molecular flexibility index (Phi) is 8.43. The molecule has 0 aliphatic carbocycles. The van der Waals surface area contributed by atoms with Gasteiger partial charge in [0.25, 0.3) is 0 Å². The molecule has 0 bridgehead atoms. The van der Waals surface area contributed by atoms with Crippen LogP contribution in [0.25, 0.3) is 0 Å². The average molecular weight is 550 g/mol. The molecule has 170 valence electrons. The van der Waals surface area contributed by atoms with Gasteiger partial charge < -0.3 is 19.5 Å². The van der Waals surface area contributed by atoms with Crippen molar-refractivity contribution in [3.05, 3.63) is 72.7 Å². The van der Waals surface area contributed by atoms with Crippen molar-refractivity contribution in [1.29, 1.82) is 0 Å². The number of imidazole rings is 1. The first-order chi connectivity index (χ1) is 15.1. The van der Waals surface area contributed by atoms with Gasteiger partial charge in [0.2, 0.25) is 5.88 Å². The fraction of sp³-hybridized carbons (Fsp3) is 0.348. The zero-order valence-electron chi connectivity index (χ0n) is 18.2. The van der Waals surface area contributed by atoms with Crippen molar-refractivity contribution in [3.8, 4) is 11.6 Å². The number of ether oxygens (including phenoxy) is 1. The number of piperidine rings is 1. The van der Waals surface area contributed by atoms with E-state index < -0.39 is 0 Å². The van der Waals surface area contributed by atoms with Gasteiger partial charge in [-0.15, -0.1) is 24.0 Å². The van der Waals surface area contributed by atoms with Crippen molar-refractivity contribution in [2.75, 3.05) is 20.1 Å². The number of likely N-dealkylation sites (tertiary alicyclic amines) is 1. The van der Waals surface area contributed by atoms with Crippen molar-refractivity contribution >= 4 is 29.9 Å². The summed E-state index contributed by atoms with van der Waals surface area (Å²) in [7, 11) is 1.81. The van der Waals surface area contributed by atoms with Gasteiger partial charge >= 0.3 is 0 Å². The van der Waals surface area contributed by atoms with E-state index in [-0.39, 0.29) is 29.8 Å². The first-order valence-electron chi connectivity index (χ1n) is 10.4. The summed E-state index contributed by atoms with van der Waals surface area (Å²) in [6, 6.07) is 10.0. The molecule has 2 aromatic heterocycles. The van der Waals surface area contributed by atoms with Crippen LogP contribution in [-0.2, 0) is 6.54 Å². The summed E-state index contributed by atoms with van der Waals surface area (Å²) in [6.07, 6.45) is 8.62. The number of hydrogen-bond donors (Lipinski definition) is 1. The maximum Gasteiger partial charge on any atom is 0.219 e. The van der Waals surface area contributed by atoms with Crippen LogP contribution in [0.15, 0.2) is 66.3 Å². The lowest BCUT2D eigenvalue weighted by Crippen LogP contribution is -2.48. The van der Waals surface area contributed by atoms with Crippen molar-refractivity contribution in [3.63, 3.8) is 0 Å². The van der Waals surface area contributed by atoms with Crippen LogP contribution in [0.3, 0.4) is 0 Å². The summed E-state index contributed by atoms with van der Waals surface area (Å²) in [5.41, 5.74) is 1.02. The summed E-state index contributed by atoms with van der Waals surface area (Å²) in [5.74, 6) is 2.18. The van der Waals surface area contributed by atoms with Gasteiger partial charge in [-0.25, -0.2) is 14.4 Å². The van der Waals surface area contributed by atoms with Gasteiger partial charge in [-0.1, -0.05) is 13.0 Å². The Bertz CT molecular complexity index is 994. The van der Waals surface area contributed by atoms with Gasteiger partial charge in [0.1, 0.15) is 11.6 Å². The number of pyridine rings is 1. The maximum atomic E-state index is 13.0. The Morgan fingerprint density at radius 3 is 2.72 bits per heavy atom. The van der Waals surface area contributed by atoms with Gasteiger partial charge in [0.05, 0.1) is 12.4 Å². The van der Waals surface area contributed by atoms with Crippen LogP contribution in [-0.4, -0.2) is 45.5 Å². The molecule has 1 aromatic carbocycles. The molecule has 4 rings (SSSR count). The number of hydrogen-bond acceptors (Lipinski definition) is 4. The highest BCUT2D eigenvalue weighted by Gasteiger charge is 2.28. The number of aliphatic imine (C=N–C) groups is 1. The molecule has 32 heavy (non-hydrogen) atoms. The zero-order valence-corrected chi connectivity index (χ0v) is 20.5. The Hall–Kier alpha value is -2.69. The van der Waals surface area contributed by atoms with E-state index >= 15 is 0 Å². The number of guanidine groups is 1. The van der Waals surface area contributed by atoms with E-state index in [1.54, 1.807) is 24.4 Å². The summed E-state index contributed by atoms with van der Waals surface area (Å²) in [5, 5.41) is 3.44. The lowest BCUT2D eigenvalue weighted by atomic mass is 9.93. The van der Waals surface area contributed by atoms with Crippen molar-refractivity contribution < 1.29 is 9.13 Å². The molecule has 1 saturated heterocycles. The molecule has 3 heterocycles. The van der Waals surface area contributed by atoms with E-state index in [9.17, 15) is 4.39 Å². The minimum absolute atomic E-state index is 0. The average Bonchev–Trinajstić information content (AvgIpc) is 3.32. The summed E-state index contributed by atoms with van der Waals surface area (Å²) in [4.78, 5) is 15.3. The largest absolute Gasteiger partial charge is 0.439 e. The highest BCUT2D eigenvalue weighted by atomic mass is 127. The lowest BCUT2D eigenvalue weighted by Gasteiger charge is -2.39. The van der Waals surface area contributed by atoms with Crippen molar-refractivity contribution in [2.45, 2.75) is 25.9 Å². The number of aromatic nitrogens is 3. The topological polar surface area (TPSA) is 67.6 Å². The van der Waals surface area contributed by atoms with Crippen LogP contribution in [0, 0.1) is 11.7 Å². The van der Waals surface area contributed by atoms with Crippen LogP contribution < -0.4 is 10.1 Å². The molecular weight excluding hydrogens is 522 g/mol. The third-order valence-electron chi connectivity index (χ3n) is 5.62. The van der Waals surface area contributed by atoms with Crippen LogP contribution in [0.4, 0.5) is 4.39 Å². The molecule has 2 unspecified atom stereocenters. The number of nitrogens with one attached hydrogen (secondary N) is 1. The van der Waals surface area contributed by atoms with Crippen LogP contribution >= 0.6 is 24.0 Å². The van der Waals surface area contributed by atoms with Gasteiger partial charge in [-0.2, -0.15) is 0 Å². The molecule has 1 aliphatic heterocycles. The van der Waals surface area contributed by atoms with E-state index in [2.05, 4.69) is 36.7 Å². The SMILES string of the molecule is CN=C(NCc1ccc(Oc2ccc(F)cc2)nc1)N1CCC(C)C(n2ccnc2)C1.I. The second-order valence-corrected chi connectivity index (χ2v) is 7.75. The zero-order chi connectivity index (χ0) is 21.6. The van der Waals surface area contributed by atoms with E-state index in [4.69, 9.17) is 4.74 Å². The molecular formula is C23H28FIN6O. The Balaban J connectivity index is 0.00000289. The molecule has 7 nitrogen and oxygen atoms in total. The van der Waals surface area contributed by atoms with E-state index in [0.29, 0.717) is 30.1 Å². The number of nitrogens with zero attached hydrogens (tertiary/aromatic N) is 5. The highest BCUT2D eigenvalue weighted by Crippen LogP contribution is 2.27. The quantitative estimate of drug-likeness (QED) is 0.288. The van der Waals surface area contributed by atoms with Gasteiger partial charge in [-0.3, -0.25) is 4.99 Å². The highest BCUT2D eigenvalue weighted by molar-refractivity contribution is 14.0. The molecule has 0 radical (unpaired) electrons. The molecule has 1 N–H and O–H groups in total. The minimum Gasteiger partial charge on any atom is -0.439 e. The van der Waals surface area contributed by atoms with Crippen LogP contribution in [0.1, 0.15) is 24.9 Å². The monoisotopic (exact) mass is 550 g/mol. The smallest absolute Gasteiger partial charge is 0.219 e. The summed E-state index contributed by atoms with van der Waals surface area (Å²) in [6.45, 7) is 4.76. The number of rotatable bonds is 5. The fourth-order valence-electron chi connectivity index (χ4n) is 3.81. The minimum atomic E-state index is -0.297. The first-order valence-corrected chi connectivity index (χ1v) is 10.4. The Morgan fingerprint density at radius 2 is 2.06 bits per heavy atom. The predicted molar refractivity (Wildman–Crippen MR) is 133 cm³/mol. The number of benzene rings is 1. The summed E-state index contributed by atoms with van der Waals surface area (Å²) < 4.78 is 20.8. The molecule has 9 heteroatoms. The summed E-state index contributed by atoms with van der Waals surface area (Å²) >= 11 is 0. The Labute approximate surface area is 204 Å². The number of halogens is 2. The van der Waals surface area contributed by atoms with Crippen LogP contribution in [0.5, 0.6) is 11.6 Å². The standard InChI is InChI=1S/C23H27FN6O.HI/c1-17-9-11-29(15-21(17)30-12-10-26-16-30)23(25-2)28-14-18-3-8-22(27-13-18)31-20-6-4-19(24)5-7-20;/h3-8,10,12-13,16-17,21H,9,11,14-15H2,1-2H3,(H,25,28);1H. The molecule has 1 fully saturated rings. The molecule has 0 spiro atoms. The normalized spacial score (nSPS) is 18.7. The Morgan fingerprint density at radius 1 is 1.25 bits per heavy atom. The molecule has 2 atom stereocenters. The van der Waals surface area contributed by atoms with E-state index in [1.165, 1.54) is 12.1 Å². The molecule has 1 aliphatic rings. The second-order valence-electron chi connectivity index (χ2n) is 7.75. The van der Waals surface area contributed by atoms with Crippen LogP contribution in [0.2, 0.25) is 0 Å². The predicted octanol–water partition coefficient (Wildman–Crippen LogP) is 4.49. The van der Waals surface area contributed by atoms with Crippen molar-refractivity contribution in [1.82, 2.24) is 24.8 Å². The maximum absolute atomic E-state index is 13.0. The molecule has 0 saturated carbocycles. The third kappa shape index (κ3) is 5.96. The fourth-order valence-corrected chi connectivity index (χ4v) is 3.81. The van der Waals surface area contributed by atoms with E-state index in [0.717, 1.165) is 31.0 Å². The second kappa shape index (κ2) is 11.3. The van der Waals surface area contributed by atoms with Gasteiger partial charge in [0.15, 0.2) is 5.96 Å². The molecule has 0 amide bonds.